The highest BCUT2D eigenvalue weighted by atomic mass is 19.1. The maximum atomic E-state index is 13.7. The molecule has 17 heavy (non-hydrogen) atoms. The smallest absolute Gasteiger partial charge is 0.128 e. The molecule has 1 nitrogen and oxygen atoms in total. The molecule has 0 aromatic heterocycles. The van der Waals surface area contributed by atoms with Gasteiger partial charge < -0.3 is 0 Å². The standard InChI is InChI=1S/C15H12FN/c1-11-3-2-4-13(9-11)14-6-5-12(7-8-17)15(16)10-14/h2-6,9-10H,7H2,1H3. The van der Waals surface area contributed by atoms with Crippen LogP contribution in [0.15, 0.2) is 42.5 Å². The van der Waals surface area contributed by atoms with Crippen LogP contribution in [0.2, 0.25) is 0 Å². The third kappa shape index (κ3) is 2.51. The lowest BCUT2D eigenvalue weighted by Gasteiger charge is -2.05. The average Bonchev–Trinajstić information content (AvgIpc) is 2.32. The molecule has 0 amide bonds. The van der Waals surface area contributed by atoms with Gasteiger partial charge in [-0.2, -0.15) is 5.26 Å². The first kappa shape index (κ1) is 11.3. The lowest BCUT2D eigenvalue weighted by Crippen LogP contribution is -1.89. The maximum absolute atomic E-state index is 13.7. The molecule has 0 radical (unpaired) electrons. The molecule has 2 aromatic carbocycles. The molecule has 0 spiro atoms. The maximum Gasteiger partial charge on any atom is 0.128 e. The molecule has 84 valence electrons. The molecule has 0 unspecified atom stereocenters. The number of halogens is 1. The molecule has 0 N–H and O–H groups in total. The van der Waals surface area contributed by atoms with Gasteiger partial charge >= 0.3 is 0 Å². The van der Waals surface area contributed by atoms with Crippen LogP contribution in [0.4, 0.5) is 4.39 Å². The molecule has 0 aliphatic heterocycles. The summed E-state index contributed by atoms with van der Waals surface area (Å²) in [4.78, 5) is 0. The van der Waals surface area contributed by atoms with Gasteiger partial charge in [0.1, 0.15) is 5.82 Å². The fourth-order valence-electron chi connectivity index (χ4n) is 1.78. The van der Waals surface area contributed by atoms with Crippen LogP contribution < -0.4 is 0 Å². The molecule has 0 aliphatic rings. The summed E-state index contributed by atoms with van der Waals surface area (Å²) < 4.78 is 13.7. The first-order valence-corrected chi connectivity index (χ1v) is 5.43. The lowest BCUT2D eigenvalue weighted by atomic mass is 10.0. The Kier molecular flexibility index (Phi) is 3.20. The van der Waals surface area contributed by atoms with E-state index in [1.807, 2.05) is 43.3 Å². The Labute approximate surface area is 100 Å². The van der Waals surface area contributed by atoms with E-state index in [-0.39, 0.29) is 12.2 Å². The number of aryl methyl sites for hydroxylation is 1. The third-order valence-corrected chi connectivity index (χ3v) is 2.67. The van der Waals surface area contributed by atoms with E-state index in [1.165, 1.54) is 6.07 Å². The average molecular weight is 225 g/mol. The second-order valence-corrected chi connectivity index (χ2v) is 4.01. The van der Waals surface area contributed by atoms with Gasteiger partial charge in [0.15, 0.2) is 0 Å². The topological polar surface area (TPSA) is 23.8 Å². The summed E-state index contributed by atoms with van der Waals surface area (Å²) in [5, 5.41) is 8.55. The van der Waals surface area contributed by atoms with Crippen molar-refractivity contribution in [1.82, 2.24) is 0 Å². The van der Waals surface area contributed by atoms with Crippen LogP contribution in [-0.2, 0) is 6.42 Å². The summed E-state index contributed by atoms with van der Waals surface area (Å²) in [6.07, 6.45) is 0.111. The fraction of sp³-hybridized carbons (Fsp3) is 0.133. The quantitative estimate of drug-likeness (QED) is 0.761. The van der Waals surface area contributed by atoms with Crippen molar-refractivity contribution in [1.29, 1.82) is 5.26 Å². The van der Waals surface area contributed by atoms with Crippen molar-refractivity contribution in [2.45, 2.75) is 13.3 Å². The van der Waals surface area contributed by atoms with E-state index in [0.29, 0.717) is 5.56 Å². The Morgan fingerprint density at radius 1 is 1.12 bits per heavy atom. The van der Waals surface area contributed by atoms with E-state index in [0.717, 1.165) is 16.7 Å². The van der Waals surface area contributed by atoms with Gasteiger partial charge in [0, 0.05) is 5.56 Å². The Balaban J connectivity index is 2.42. The van der Waals surface area contributed by atoms with E-state index < -0.39 is 0 Å². The van der Waals surface area contributed by atoms with Gasteiger partial charge in [-0.15, -0.1) is 0 Å². The second-order valence-electron chi connectivity index (χ2n) is 4.01. The minimum Gasteiger partial charge on any atom is -0.207 e. The van der Waals surface area contributed by atoms with Gasteiger partial charge in [0.2, 0.25) is 0 Å². The summed E-state index contributed by atoms with van der Waals surface area (Å²) in [6.45, 7) is 2.00. The van der Waals surface area contributed by atoms with Crippen LogP contribution >= 0.6 is 0 Å². The monoisotopic (exact) mass is 225 g/mol. The van der Waals surface area contributed by atoms with Gasteiger partial charge in [-0.3, -0.25) is 0 Å². The van der Waals surface area contributed by atoms with Crippen LogP contribution in [0.1, 0.15) is 11.1 Å². The molecule has 2 heteroatoms. The zero-order valence-corrected chi connectivity index (χ0v) is 9.57. The second kappa shape index (κ2) is 4.80. The molecule has 0 saturated carbocycles. The summed E-state index contributed by atoms with van der Waals surface area (Å²) >= 11 is 0. The minimum absolute atomic E-state index is 0.111. The fourth-order valence-corrected chi connectivity index (χ4v) is 1.78. The molecular formula is C15H12FN. The van der Waals surface area contributed by atoms with Crippen LogP contribution in [0.25, 0.3) is 11.1 Å². The number of benzene rings is 2. The van der Waals surface area contributed by atoms with Crippen LogP contribution in [-0.4, -0.2) is 0 Å². The zero-order chi connectivity index (χ0) is 12.3. The number of nitriles is 1. The van der Waals surface area contributed by atoms with Crippen LogP contribution in [0, 0.1) is 24.1 Å². The van der Waals surface area contributed by atoms with Crippen molar-refractivity contribution >= 4 is 0 Å². The molecule has 0 atom stereocenters. The first-order valence-electron chi connectivity index (χ1n) is 5.43. The van der Waals surface area contributed by atoms with Crippen molar-refractivity contribution in [2.24, 2.45) is 0 Å². The summed E-state index contributed by atoms with van der Waals surface area (Å²) in [7, 11) is 0. The Bertz CT molecular complexity index is 582. The molecule has 0 aliphatic carbocycles. The van der Waals surface area contributed by atoms with Gasteiger partial charge in [-0.25, -0.2) is 4.39 Å². The Morgan fingerprint density at radius 2 is 1.88 bits per heavy atom. The van der Waals surface area contributed by atoms with Crippen molar-refractivity contribution in [3.8, 4) is 17.2 Å². The van der Waals surface area contributed by atoms with Crippen LogP contribution in [0.3, 0.4) is 0 Å². The predicted molar refractivity (Wildman–Crippen MR) is 65.9 cm³/mol. The minimum atomic E-state index is -0.314. The van der Waals surface area contributed by atoms with E-state index in [4.69, 9.17) is 5.26 Å². The number of rotatable bonds is 2. The van der Waals surface area contributed by atoms with Crippen molar-refractivity contribution < 1.29 is 4.39 Å². The Hall–Kier alpha value is -2.14. The predicted octanol–water partition coefficient (Wildman–Crippen LogP) is 3.87. The molecule has 2 rings (SSSR count). The molecule has 0 bridgehead atoms. The van der Waals surface area contributed by atoms with Crippen molar-refractivity contribution in [2.75, 3.05) is 0 Å². The summed E-state index contributed by atoms with van der Waals surface area (Å²) in [6, 6.07) is 14.9. The number of nitrogens with zero attached hydrogens (tertiary/aromatic N) is 1. The summed E-state index contributed by atoms with van der Waals surface area (Å²) in [5.74, 6) is -0.314. The molecular weight excluding hydrogens is 213 g/mol. The highest BCUT2D eigenvalue weighted by Gasteiger charge is 2.04. The highest BCUT2D eigenvalue weighted by molar-refractivity contribution is 5.64. The normalized spacial score (nSPS) is 9.94. The molecule has 0 fully saturated rings. The molecule has 0 saturated heterocycles. The van der Waals surface area contributed by atoms with Gasteiger partial charge in [-0.05, 0) is 24.1 Å². The lowest BCUT2D eigenvalue weighted by molar-refractivity contribution is 0.616. The van der Waals surface area contributed by atoms with E-state index in [2.05, 4.69) is 0 Å². The number of hydrogen-bond acceptors (Lipinski definition) is 1. The largest absolute Gasteiger partial charge is 0.207 e. The molecule has 2 aromatic rings. The van der Waals surface area contributed by atoms with Crippen molar-refractivity contribution in [3.05, 3.63) is 59.4 Å². The summed E-state index contributed by atoms with van der Waals surface area (Å²) in [5.41, 5.74) is 3.42. The van der Waals surface area contributed by atoms with E-state index >= 15 is 0 Å². The van der Waals surface area contributed by atoms with E-state index in [1.54, 1.807) is 6.07 Å². The highest BCUT2D eigenvalue weighted by Crippen LogP contribution is 2.22. The first-order chi connectivity index (χ1) is 8.20. The third-order valence-electron chi connectivity index (χ3n) is 2.67. The van der Waals surface area contributed by atoms with Crippen molar-refractivity contribution in [3.63, 3.8) is 0 Å². The zero-order valence-electron chi connectivity index (χ0n) is 9.57. The van der Waals surface area contributed by atoms with Gasteiger partial charge in [0.25, 0.3) is 0 Å². The van der Waals surface area contributed by atoms with Crippen LogP contribution in [0.5, 0.6) is 0 Å². The van der Waals surface area contributed by atoms with E-state index in [9.17, 15) is 4.39 Å². The Morgan fingerprint density at radius 3 is 2.53 bits per heavy atom. The number of hydrogen-bond donors (Lipinski definition) is 0. The SMILES string of the molecule is Cc1cccc(-c2ccc(CC#N)c(F)c2)c1. The molecule has 0 heterocycles. The van der Waals surface area contributed by atoms with Gasteiger partial charge in [-0.1, -0.05) is 42.0 Å². The van der Waals surface area contributed by atoms with Gasteiger partial charge in [0.05, 0.1) is 12.5 Å².